The number of hydrogen-bond acceptors (Lipinski definition) is 3. The van der Waals surface area contributed by atoms with Crippen molar-refractivity contribution in [3.8, 4) is 0 Å². The highest BCUT2D eigenvalue weighted by molar-refractivity contribution is 5.74. The van der Waals surface area contributed by atoms with Crippen LogP contribution in [0.2, 0.25) is 0 Å². The van der Waals surface area contributed by atoms with Crippen LogP contribution in [0.4, 0.5) is 4.79 Å². The number of nitrogens with one attached hydrogen (secondary N) is 2. The van der Waals surface area contributed by atoms with Gasteiger partial charge in [0.25, 0.3) is 0 Å². The number of carbonyl (C=O) groups excluding carboxylic acids is 1. The first kappa shape index (κ1) is 17.2. The summed E-state index contributed by atoms with van der Waals surface area (Å²) in [5, 5.41) is 15.2. The molecule has 1 fully saturated rings. The Hall–Kier alpha value is -0.810. The van der Waals surface area contributed by atoms with E-state index in [-0.39, 0.29) is 12.6 Å². The molecule has 1 heterocycles. The summed E-state index contributed by atoms with van der Waals surface area (Å²) in [4.78, 5) is 14.2. The first-order valence-corrected chi connectivity index (χ1v) is 7.84. The Morgan fingerprint density at radius 3 is 2.60 bits per heavy atom. The number of urea groups is 1. The van der Waals surface area contributed by atoms with Crippen LogP contribution in [0, 0.1) is 5.92 Å². The van der Waals surface area contributed by atoms with Gasteiger partial charge in [-0.15, -0.1) is 0 Å². The topological polar surface area (TPSA) is 64.6 Å². The number of nitrogens with zero attached hydrogens (tertiary/aromatic N) is 1. The minimum atomic E-state index is -0.508. The lowest BCUT2D eigenvalue weighted by Crippen LogP contribution is -2.52. The maximum Gasteiger partial charge on any atom is 0.315 e. The lowest BCUT2D eigenvalue weighted by atomic mass is 9.94. The summed E-state index contributed by atoms with van der Waals surface area (Å²) >= 11 is 0. The molecule has 1 unspecified atom stereocenters. The minimum absolute atomic E-state index is 0.0246. The predicted molar refractivity (Wildman–Crippen MR) is 81.8 cm³/mol. The third kappa shape index (κ3) is 6.09. The molecular formula is C15H31N3O2. The third-order valence-corrected chi connectivity index (χ3v) is 4.24. The molecular weight excluding hydrogens is 254 g/mol. The number of aliphatic hydroxyl groups excluding tert-OH is 1. The van der Waals surface area contributed by atoms with Crippen LogP contribution in [-0.2, 0) is 0 Å². The van der Waals surface area contributed by atoms with E-state index in [2.05, 4.69) is 22.6 Å². The summed E-state index contributed by atoms with van der Waals surface area (Å²) in [6, 6.07) is -0.164. The van der Waals surface area contributed by atoms with E-state index in [1.165, 1.54) is 12.8 Å². The molecule has 0 radical (unpaired) electrons. The summed E-state index contributed by atoms with van der Waals surface area (Å²) in [7, 11) is 2.16. The van der Waals surface area contributed by atoms with Crippen molar-refractivity contribution in [1.82, 2.24) is 15.5 Å². The molecule has 0 spiro atoms. The van der Waals surface area contributed by atoms with Gasteiger partial charge >= 0.3 is 6.03 Å². The SMILES string of the molecule is CCCC(C)(CO)NC(=O)NCCC1CCN(C)CC1. The quantitative estimate of drug-likeness (QED) is 0.665. The maximum absolute atomic E-state index is 11.8. The van der Waals surface area contributed by atoms with E-state index in [1.807, 2.05) is 13.8 Å². The molecule has 3 N–H and O–H groups in total. The molecule has 1 saturated heterocycles. The highest BCUT2D eigenvalue weighted by Crippen LogP contribution is 2.18. The average molecular weight is 285 g/mol. The van der Waals surface area contributed by atoms with Crippen LogP contribution in [0.3, 0.4) is 0 Å². The van der Waals surface area contributed by atoms with Gasteiger partial charge in [-0.3, -0.25) is 0 Å². The van der Waals surface area contributed by atoms with E-state index >= 15 is 0 Å². The van der Waals surface area contributed by atoms with Gasteiger partial charge in [0.15, 0.2) is 0 Å². The normalized spacial score (nSPS) is 20.4. The molecule has 5 heteroatoms. The van der Waals surface area contributed by atoms with Crippen LogP contribution in [-0.4, -0.2) is 54.9 Å². The Balaban J connectivity index is 2.19. The predicted octanol–water partition coefficient (Wildman–Crippen LogP) is 1.57. The molecule has 0 bridgehead atoms. The van der Waals surface area contributed by atoms with Crippen LogP contribution in [0.1, 0.15) is 46.0 Å². The fraction of sp³-hybridized carbons (Fsp3) is 0.933. The van der Waals surface area contributed by atoms with Gasteiger partial charge in [-0.05, 0) is 58.7 Å². The van der Waals surface area contributed by atoms with Crippen LogP contribution in [0.25, 0.3) is 0 Å². The Bertz CT molecular complexity index is 291. The number of aliphatic hydroxyl groups is 1. The number of rotatable bonds is 7. The van der Waals surface area contributed by atoms with E-state index in [4.69, 9.17) is 0 Å². The summed E-state index contributed by atoms with van der Waals surface area (Å²) < 4.78 is 0. The van der Waals surface area contributed by atoms with E-state index in [9.17, 15) is 9.90 Å². The number of amides is 2. The molecule has 1 aliphatic heterocycles. The molecule has 0 aromatic carbocycles. The lowest BCUT2D eigenvalue weighted by molar-refractivity contribution is 0.162. The molecule has 20 heavy (non-hydrogen) atoms. The summed E-state index contributed by atoms with van der Waals surface area (Å²) in [5.74, 6) is 0.728. The molecule has 118 valence electrons. The smallest absolute Gasteiger partial charge is 0.315 e. The average Bonchev–Trinajstić information content (AvgIpc) is 2.41. The number of piperidine rings is 1. The van der Waals surface area contributed by atoms with Crippen LogP contribution < -0.4 is 10.6 Å². The van der Waals surface area contributed by atoms with Crippen molar-refractivity contribution in [2.75, 3.05) is 33.3 Å². The summed E-state index contributed by atoms with van der Waals surface area (Å²) in [6.07, 6.45) is 5.22. The van der Waals surface area contributed by atoms with Gasteiger partial charge < -0.3 is 20.6 Å². The van der Waals surface area contributed by atoms with Gasteiger partial charge in [0.05, 0.1) is 12.1 Å². The molecule has 0 saturated carbocycles. The van der Waals surface area contributed by atoms with Crippen LogP contribution >= 0.6 is 0 Å². The molecule has 5 nitrogen and oxygen atoms in total. The maximum atomic E-state index is 11.8. The number of likely N-dealkylation sites (tertiary alicyclic amines) is 1. The Morgan fingerprint density at radius 2 is 2.05 bits per heavy atom. The van der Waals surface area contributed by atoms with Crippen molar-refractivity contribution < 1.29 is 9.90 Å². The Labute approximate surface area is 123 Å². The van der Waals surface area contributed by atoms with Gasteiger partial charge in [0.1, 0.15) is 0 Å². The number of carbonyl (C=O) groups is 1. The molecule has 0 aliphatic carbocycles. The number of hydrogen-bond donors (Lipinski definition) is 3. The lowest BCUT2D eigenvalue weighted by Gasteiger charge is -2.30. The molecule has 0 aromatic rings. The van der Waals surface area contributed by atoms with E-state index in [1.54, 1.807) is 0 Å². The largest absolute Gasteiger partial charge is 0.394 e. The van der Waals surface area contributed by atoms with Crippen LogP contribution in [0.15, 0.2) is 0 Å². The Kier molecular flexibility index (Phi) is 7.30. The first-order chi connectivity index (χ1) is 9.49. The van der Waals surface area contributed by atoms with Crippen LogP contribution in [0.5, 0.6) is 0 Å². The molecule has 2 amide bonds. The first-order valence-electron chi connectivity index (χ1n) is 7.84. The molecule has 1 atom stereocenters. The van der Waals surface area contributed by atoms with Gasteiger partial charge in [0, 0.05) is 6.54 Å². The Morgan fingerprint density at radius 1 is 1.40 bits per heavy atom. The van der Waals surface area contributed by atoms with Crippen molar-refractivity contribution in [1.29, 1.82) is 0 Å². The molecule has 0 aromatic heterocycles. The van der Waals surface area contributed by atoms with Gasteiger partial charge in [0.2, 0.25) is 0 Å². The monoisotopic (exact) mass is 285 g/mol. The van der Waals surface area contributed by atoms with Gasteiger partial charge in [-0.25, -0.2) is 4.79 Å². The highest BCUT2D eigenvalue weighted by Gasteiger charge is 2.24. The van der Waals surface area contributed by atoms with E-state index in [0.717, 1.165) is 38.3 Å². The second kappa shape index (κ2) is 8.47. The van der Waals surface area contributed by atoms with Crippen molar-refractivity contribution in [2.24, 2.45) is 5.92 Å². The minimum Gasteiger partial charge on any atom is -0.394 e. The van der Waals surface area contributed by atoms with Gasteiger partial charge in [-0.1, -0.05) is 13.3 Å². The fourth-order valence-electron chi connectivity index (χ4n) is 2.79. The molecule has 1 rings (SSSR count). The van der Waals surface area contributed by atoms with Gasteiger partial charge in [-0.2, -0.15) is 0 Å². The standard InChI is InChI=1S/C15H31N3O2/c1-4-8-15(2,12-19)17-14(20)16-9-5-13-6-10-18(3)11-7-13/h13,19H,4-12H2,1-3H3,(H2,16,17,20). The van der Waals surface area contributed by atoms with Crippen molar-refractivity contribution in [2.45, 2.75) is 51.5 Å². The second-order valence-corrected chi connectivity index (χ2v) is 6.39. The molecule has 1 aliphatic rings. The van der Waals surface area contributed by atoms with Crippen molar-refractivity contribution in [3.05, 3.63) is 0 Å². The highest BCUT2D eigenvalue weighted by atomic mass is 16.3. The van der Waals surface area contributed by atoms with E-state index < -0.39 is 5.54 Å². The van der Waals surface area contributed by atoms with Crippen molar-refractivity contribution >= 4 is 6.03 Å². The third-order valence-electron chi connectivity index (χ3n) is 4.24. The summed E-state index contributed by atoms with van der Waals surface area (Å²) in [5.41, 5.74) is -0.508. The zero-order chi connectivity index (χ0) is 15.0. The van der Waals surface area contributed by atoms with Crippen molar-refractivity contribution in [3.63, 3.8) is 0 Å². The zero-order valence-electron chi connectivity index (χ0n) is 13.2. The second-order valence-electron chi connectivity index (χ2n) is 6.39. The summed E-state index contributed by atoms with van der Waals surface area (Å²) in [6.45, 7) is 6.95. The fourth-order valence-corrected chi connectivity index (χ4v) is 2.79. The zero-order valence-corrected chi connectivity index (χ0v) is 13.2. The van der Waals surface area contributed by atoms with E-state index in [0.29, 0.717) is 6.54 Å².